The van der Waals surface area contributed by atoms with Crippen LogP contribution in [0.1, 0.15) is 11.7 Å². The molecule has 1 unspecified atom stereocenters. The van der Waals surface area contributed by atoms with E-state index in [2.05, 4.69) is 0 Å². The van der Waals surface area contributed by atoms with Crippen molar-refractivity contribution >= 4 is 22.6 Å². The molecule has 1 aromatic rings. The second-order valence-electron chi connectivity index (χ2n) is 3.40. The Labute approximate surface area is 117 Å². The van der Waals surface area contributed by atoms with Crippen molar-refractivity contribution in [2.75, 3.05) is 21.3 Å². The maximum Gasteiger partial charge on any atom is 0.325 e. The van der Waals surface area contributed by atoms with Gasteiger partial charge in [-0.15, -0.1) is 0 Å². The second kappa shape index (κ2) is 5.87. The van der Waals surface area contributed by atoms with Crippen LogP contribution >= 0.6 is 22.6 Å². The van der Waals surface area contributed by atoms with Crippen molar-refractivity contribution in [1.29, 1.82) is 0 Å². The van der Waals surface area contributed by atoms with E-state index in [1.54, 1.807) is 0 Å². The Morgan fingerprint density at radius 2 is 1.56 bits per heavy atom. The molecular weight excluding hydrogens is 361 g/mol. The van der Waals surface area contributed by atoms with Gasteiger partial charge in [-0.3, -0.25) is 0 Å². The van der Waals surface area contributed by atoms with E-state index in [0.29, 0.717) is 0 Å². The van der Waals surface area contributed by atoms with Crippen LogP contribution in [0.5, 0.6) is 17.2 Å². The molecule has 18 heavy (non-hydrogen) atoms. The normalized spacial score (nSPS) is 13.1. The maximum absolute atomic E-state index is 13.1. The Bertz CT molecular complexity index is 395. The quantitative estimate of drug-likeness (QED) is 0.636. The first-order chi connectivity index (χ1) is 8.35. The molecule has 0 fully saturated rings. The monoisotopic (exact) mass is 374 g/mol. The summed E-state index contributed by atoms with van der Waals surface area (Å²) in [6, 6.07) is 2.58. The predicted molar refractivity (Wildman–Crippen MR) is 70.0 cm³/mol. The van der Waals surface area contributed by atoms with Crippen molar-refractivity contribution < 1.29 is 28.1 Å². The molecule has 0 aliphatic rings. The van der Waals surface area contributed by atoms with E-state index < -0.39 is 10.0 Å². The zero-order valence-electron chi connectivity index (χ0n) is 10.0. The SMILES string of the molecule is COc1cc(C(O)C(F)(F)I)cc(OC)c1OC. The smallest absolute Gasteiger partial charge is 0.325 e. The van der Waals surface area contributed by atoms with Gasteiger partial charge < -0.3 is 19.3 Å². The highest BCUT2D eigenvalue weighted by molar-refractivity contribution is 14.1. The molecule has 1 rings (SSSR count). The largest absolute Gasteiger partial charge is 0.493 e. The first-order valence-electron chi connectivity index (χ1n) is 4.89. The first kappa shape index (κ1) is 15.2. The second-order valence-corrected chi connectivity index (χ2v) is 4.84. The number of aliphatic hydroxyl groups excluding tert-OH is 1. The third-order valence-electron chi connectivity index (χ3n) is 2.31. The van der Waals surface area contributed by atoms with Crippen LogP contribution in [0.4, 0.5) is 8.78 Å². The highest BCUT2D eigenvalue weighted by Crippen LogP contribution is 2.44. The summed E-state index contributed by atoms with van der Waals surface area (Å²) in [5.74, 6) is 0.714. The molecule has 1 N–H and O–H groups in total. The molecule has 0 heterocycles. The number of alkyl halides is 3. The van der Waals surface area contributed by atoms with Crippen molar-refractivity contribution in [2.24, 2.45) is 0 Å². The summed E-state index contributed by atoms with van der Waals surface area (Å²) >= 11 is 0.875. The maximum atomic E-state index is 13.1. The minimum absolute atomic E-state index is 0.0103. The Kier molecular flexibility index (Phi) is 4.97. The third kappa shape index (κ3) is 3.14. The predicted octanol–water partition coefficient (Wildman–Crippen LogP) is 2.77. The van der Waals surface area contributed by atoms with Crippen molar-refractivity contribution in [1.82, 2.24) is 0 Å². The van der Waals surface area contributed by atoms with Crippen LogP contribution in [-0.4, -0.2) is 30.4 Å². The van der Waals surface area contributed by atoms with E-state index in [4.69, 9.17) is 14.2 Å². The lowest BCUT2D eigenvalue weighted by molar-refractivity contribution is -0.0208. The molecule has 0 saturated carbocycles. The molecule has 0 aliphatic heterocycles. The van der Waals surface area contributed by atoms with Gasteiger partial charge in [-0.1, -0.05) is 0 Å². The van der Waals surface area contributed by atoms with E-state index >= 15 is 0 Å². The van der Waals surface area contributed by atoms with Crippen molar-refractivity contribution in [3.8, 4) is 17.2 Å². The Morgan fingerprint density at radius 1 is 1.11 bits per heavy atom. The number of ether oxygens (including phenoxy) is 3. The van der Waals surface area contributed by atoms with Crippen LogP contribution in [0.15, 0.2) is 12.1 Å². The summed E-state index contributed by atoms with van der Waals surface area (Å²) in [5.41, 5.74) is -0.0103. The summed E-state index contributed by atoms with van der Waals surface area (Å²) < 4.78 is 38.0. The van der Waals surface area contributed by atoms with Gasteiger partial charge in [0.2, 0.25) is 5.75 Å². The lowest BCUT2D eigenvalue weighted by Gasteiger charge is -2.20. The molecule has 4 nitrogen and oxygen atoms in total. The van der Waals surface area contributed by atoms with E-state index in [0.717, 1.165) is 22.6 Å². The van der Waals surface area contributed by atoms with Gasteiger partial charge >= 0.3 is 3.93 Å². The number of aliphatic hydroxyl groups is 1. The average Bonchev–Trinajstić information content (AvgIpc) is 2.34. The molecule has 0 saturated heterocycles. The summed E-state index contributed by atoms with van der Waals surface area (Å²) in [6.45, 7) is 0. The van der Waals surface area contributed by atoms with E-state index in [1.165, 1.54) is 33.5 Å². The van der Waals surface area contributed by atoms with Gasteiger partial charge in [0.25, 0.3) is 0 Å². The summed E-state index contributed by atoms with van der Waals surface area (Å²) in [7, 11) is 4.15. The average molecular weight is 374 g/mol. The number of halogens is 3. The third-order valence-corrected chi connectivity index (χ3v) is 2.90. The minimum atomic E-state index is -3.29. The van der Waals surface area contributed by atoms with Crippen LogP contribution in [0, 0.1) is 0 Å². The van der Waals surface area contributed by atoms with Gasteiger partial charge in [-0.05, 0) is 17.7 Å². The van der Waals surface area contributed by atoms with Gasteiger partial charge in [0.05, 0.1) is 21.3 Å². The van der Waals surface area contributed by atoms with Gasteiger partial charge in [-0.25, -0.2) is 0 Å². The zero-order valence-corrected chi connectivity index (χ0v) is 12.2. The molecule has 7 heteroatoms. The molecule has 0 aliphatic carbocycles. The summed E-state index contributed by atoms with van der Waals surface area (Å²) in [4.78, 5) is 0. The van der Waals surface area contributed by atoms with Crippen LogP contribution in [0.2, 0.25) is 0 Å². The van der Waals surface area contributed by atoms with Gasteiger partial charge in [0.15, 0.2) is 17.6 Å². The Hall–Kier alpha value is -0.830. The molecule has 0 radical (unpaired) electrons. The lowest BCUT2D eigenvalue weighted by atomic mass is 10.1. The highest BCUT2D eigenvalue weighted by atomic mass is 127. The fraction of sp³-hybridized carbons (Fsp3) is 0.455. The summed E-state index contributed by atoms with van der Waals surface area (Å²) in [6.07, 6.45) is -1.95. The molecule has 0 bridgehead atoms. The molecule has 0 aromatic heterocycles. The molecule has 1 aromatic carbocycles. The molecule has 0 amide bonds. The molecular formula is C11H13F2IO4. The number of hydrogen-bond acceptors (Lipinski definition) is 4. The summed E-state index contributed by atoms with van der Waals surface area (Å²) in [5, 5.41) is 9.55. The van der Waals surface area contributed by atoms with Crippen LogP contribution in [-0.2, 0) is 0 Å². The zero-order chi connectivity index (χ0) is 13.9. The van der Waals surface area contributed by atoms with Gasteiger partial charge in [0, 0.05) is 22.6 Å². The molecule has 102 valence electrons. The fourth-order valence-electron chi connectivity index (χ4n) is 1.45. The number of hydrogen-bond donors (Lipinski definition) is 1. The van der Waals surface area contributed by atoms with Crippen LogP contribution < -0.4 is 14.2 Å². The van der Waals surface area contributed by atoms with E-state index in [1.807, 2.05) is 0 Å². The minimum Gasteiger partial charge on any atom is -0.493 e. The first-order valence-corrected chi connectivity index (χ1v) is 5.97. The van der Waals surface area contributed by atoms with Gasteiger partial charge in [0.1, 0.15) is 0 Å². The number of rotatable bonds is 5. The van der Waals surface area contributed by atoms with E-state index in [-0.39, 0.29) is 22.8 Å². The highest BCUT2D eigenvalue weighted by Gasteiger charge is 2.37. The fourth-order valence-corrected chi connectivity index (χ4v) is 1.81. The van der Waals surface area contributed by atoms with Crippen LogP contribution in [0.25, 0.3) is 0 Å². The topological polar surface area (TPSA) is 47.9 Å². The van der Waals surface area contributed by atoms with Crippen molar-refractivity contribution in [3.63, 3.8) is 0 Å². The van der Waals surface area contributed by atoms with Crippen molar-refractivity contribution in [3.05, 3.63) is 17.7 Å². The lowest BCUT2D eigenvalue weighted by Crippen LogP contribution is -2.18. The Morgan fingerprint density at radius 3 is 1.83 bits per heavy atom. The number of benzene rings is 1. The molecule has 0 spiro atoms. The number of methoxy groups -OCH3 is 3. The van der Waals surface area contributed by atoms with Crippen molar-refractivity contribution in [2.45, 2.75) is 10.0 Å². The Balaban J connectivity index is 3.32. The standard InChI is InChI=1S/C11H13F2IO4/c1-16-7-4-6(10(15)11(12,13)14)5-8(17-2)9(7)18-3/h4-5,10,15H,1-3H3. The van der Waals surface area contributed by atoms with E-state index in [9.17, 15) is 13.9 Å². The molecule has 1 atom stereocenters. The van der Waals surface area contributed by atoms with Crippen LogP contribution in [0.3, 0.4) is 0 Å². The van der Waals surface area contributed by atoms with Gasteiger partial charge in [-0.2, -0.15) is 8.78 Å².